The standard InChI is InChI=1S/C25H29NO4/c1-26-14-13-24(19-9-10-20(27-2)21(15-19)28-3)11-12-25(16-23(24)26)29-17-22(30-25)18-7-5-4-6-8-18/h4-12,15,22-23H,13-14,16-17H2,1-3H3/t22?,23-,24-,25?/m0/s1. The summed E-state index contributed by atoms with van der Waals surface area (Å²) < 4.78 is 23.8. The molecule has 0 bridgehead atoms. The van der Waals surface area contributed by atoms with Gasteiger partial charge in [0.15, 0.2) is 17.3 Å². The number of rotatable bonds is 4. The average Bonchev–Trinajstić information content (AvgIpc) is 3.36. The Morgan fingerprint density at radius 3 is 2.57 bits per heavy atom. The van der Waals surface area contributed by atoms with Crippen molar-refractivity contribution >= 4 is 0 Å². The number of ether oxygens (including phenoxy) is 4. The van der Waals surface area contributed by atoms with Crippen molar-refractivity contribution in [2.75, 3.05) is 34.4 Å². The van der Waals surface area contributed by atoms with E-state index in [4.69, 9.17) is 18.9 Å². The first kappa shape index (κ1) is 19.6. The summed E-state index contributed by atoms with van der Waals surface area (Å²) in [7, 11) is 5.56. The van der Waals surface area contributed by atoms with Gasteiger partial charge in [-0.15, -0.1) is 0 Å². The van der Waals surface area contributed by atoms with Crippen molar-refractivity contribution < 1.29 is 18.9 Å². The summed E-state index contributed by atoms with van der Waals surface area (Å²) in [4.78, 5) is 2.44. The maximum absolute atomic E-state index is 6.51. The molecule has 4 atom stereocenters. The van der Waals surface area contributed by atoms with Crippen molar-refractivity contribution in [2.45, 2.75) is 36.2 Å². The highest BCUT2D eigenvalue weighted by atomic mass is 16.7. The Kier molecular flexibility index (Phi) is 4.85. The molecule has 5 heteroatoms. The molecule has 0 N–H and O–H groups in total. The molecule has 2 saturated heterocycles. The summed E-state index contributed by atoms with van der Waals surface area (Å²) in [6.45, 7) is 1.61. The summed E-state index contributed by atoms with van der Waals surface area (Å²) in [5, 5.41) is 0. The Morgan fingerprint density at radius 1 is 1.00 bits per heavy atom. The van der Waals surface area contributed by atoms with Gasteiger partial charge in [-0.1, -0.05) is 42.5 Å². The van der Waals surface area contributed by atoms with Gasteiger partial charge in [0, 0.05) is 17.9 Å². The molecule has 2 aliphatic heterocycles. The summed E-state index contributed by atoms with van der Waals surface area (Å²) in [6.07, 6.45) is 6.30. The summed E-state index contributed by atoms with van der Waals surface area (Å²) >= 11 is 0. The summed E-state index contributed by atoms with van der Waals surface area (Å²) in [5.74, 6) is 0.859. The van der Waals surface area contributed by atoms with Gasteiger partial charge in [0.25, 0.3) is 0 Å². The molecule has 0 radical (unpaired) electrons. The lowest BCUT2D eigenvalue weighted by Gasteiger charge is -2.43. The van der Waals surface area contributed by atoms with Crippen LogP contribution in [-0.4, -0.2) is 51.1 Å². The highest BCUT2D eigenvalue weighted by molar-refractivity contribution is 5.49. The zero-order valence-corrected chi connectivity index (χ0v) is 17.8. The van der Waals surface area contributed by atoms with Gasteiger partial charge in [0.2, 0.25) is 0 Å². The predicted molar refractivity (Wildman–Crippen MR) is 115 cm³/mol. The monoisotopic (exact) mass is 407 g/mol. The number of likely N-dealkylation sites (N-methyl/N-ethyl adjacent to an activating group) is 1. The molecule has 2 heterocycles. The zero-order chi connectivity index (χ0) is 20.8. The third-order valence-corrected chi connectivity index (χ3v) is 7.03. The summed E-state index contributed by atoms with van der Waals surface area (Å²) in [6, 6.07) is 16.9. The number of hydrogen-bond acceptors (Lipinski definition) is 5. The van der Waals surface area contributed by atoms with Crippen LogP contribution in [0.25, 0.3) is 0 Å². The quantitative estimate of drug-likeness (QED) is 0.714. The lowest BCUT2D eigenvalue weighted by Crippen LogP contribution is -2.49. The fourth-order valence-corrected chi connectivity index (χ4v) is 5.33. The van der Waals surface area contributed by atoms with E-state index in [9.17, 15) is 0 Å². The molecule has 1 spiro atoms. The van der Waals surface area contributed by atoms with E-state index in [1.54, 1.807) is 14.2 Å². The van der Waals surface area contributed by atoms with E-state index in [0.29, 0.717) is 6.61 Å². The molecule has 2 aromatic rings. The molecule has 2 aromatic carbocycles. The normalized spacial score (nSPS) is 33.0. The molecule has 5 rings (SSSR count). The second-order valence-corrected chi connectivity index (χ2v) is 8.53. The van der Waals surface area contributed by atoms with Gasteiger partial charge in [0.1, 0.15) is 6.10 Å². The molecule has 0 aromatic heterocycles. The maximum Gasteiger partial charge on any atom is 0.190 e. The SMILES string of the molecule is COc1ccc([C@@]23C=CC4(C[C@@H]2N(C)CC3)OCC(c2ccccc2)O4)cc1OC. The lowest BCUT2D eigenvalue weighted by atomic mass is 9.68. The van der Waals surface area contributed by atoms with Crippen LogP contribution in [0.15, 0.2) is 60.7 Å². The van der Waals surface area contributed by atoms with E-state index in [1.165, 1.54) is 11.1 Å². The number of methoxy groups -OCH3 is 2. The number of fused-ring (bicyclic) bond motifs is 1. The number of likely N-dealkylation sites (tertiary alicyclic amines) is 1. The third-order valence-electron chi connectivity index (χ3n) is 7.03. The Hall–Kier alpha value is -2.34. The molecular formula is C25H29NO4. The van der Waals surface area contributed by atoms with Crippen LogP contribution < -0.4 is 9.47 Å². The van der Waals surface area contributed by atoms with Crippen molar-refractivity contribution in [1.29, 1.82) is 0 Å². The fourth-order valence-electron chi connectivity index (χ4n) is 5.33. The van der Waals surface area contributed by atoms with Gasteiger partial charge in [-0.3, -0.25) is 0 Å². The lowest BCUT2D eigenvalue weighted by molar-refractivity contribution is -0.150. The predicted octanol–water partition coefficient (Wildman–Crippen LogP) is 4.09. The summed E-state index contributed by atoms with van der Waals surface area (Å²) in [5.41, 5.74) is 2.33. The minimum atomic E-state index is -0.663. The topological polar surface area (TPSA) is 40.2 Å². The van der Waals surface area contributed by atoms with Gasteiger partial charge >= 0.3 is 0 Å². The largest absolute Gasteiger partial charge is 0.493 e. The van der Waals surface area contributed by atoms with Crippen molar-refractivity contribution in [3.05, 3.63) is 71.8 Å². The first-order valence-electron chi connectivity index (χ1n) is 10.6. The number of hydrogen-bond donors (Lipinski definition) is 0. The van der Waals surface area contributed by atoms with Crippen LogP contribution in [0.3, 0.4) is 0 Å². The second kappa shape index (κ2) is 7.41. The van der Waals surface area contributed by atoms with Gasteiger partial charge in [-0.05, 0) is 49.3 Å². The highest BCUT2D eigenvalue weighted by Gasteiger charge is 2.55. The van der Waals surface area contributed by atoms with Gasteiger partial charge in [-0.2, -0.15) is 0 Å². The molecule has 5 nitrogen and oxygen atoms in total. The van der Waals surface area contributed by atoms with E-state index in [0.717, 1.165) is 30.9 Å². The fraction of sp³-hybridized carbons (Fsp3) is 0.440. The Bertz CT molecular complexity index is 945. The van der Waals surface area contributed by atoms with Crippen LogP contribution in [-0.2, 0) is 14.9 Å². The van der Waals surface area contributed by atoms with E-state index in [1.807, 2.05) is 24.3 Å². The second-order valence-electron chi connectivity index (χ2n) is 8.53. The molecule has 2 fully saturated rings. The van der Waals surface area contributed by atoms with Gasteiger partial charge < -0.3 is 23.8 Å². The molecule has 1 aliphatic carbocycles. The first-order valence-corrected chi connectivity index (χ1v) is 10.6. The molecule has 158 valence electrons. The Balaban J connectivity index is 1.48. The van der Waals surface area contributed by atoms with Crippen LogP contribution in [0, 0.1) is 0 Å². The Labute approximate surface area is 178 Å². The van der Waals surface area contributed by atoms with Crippen LogP contribution >= 0.6 is 0 Å². The minimum Gasteiger partial charge on any atom is -0.493 e. The number of nitrogens with zero attached hydrogens (tertiary/aromatic N) is 1. The smallest absolute Gasteiger partial charge is 0.190 e. The van der Waals surface area contributed by atoms with Gasteiger partial charge in [0.05, 0.1) is 20.8 Å². The van der Waals surface area contributed by atoms with Crippen LogP contribution in [0.2, 0.25) is 0 Å². The maximum atomic E-state index is 6.51. The van der Waals surface area contributed by atoms with Crippen molar-refractivity contribution in [3.63, 3.8) is 0 Å². The van der Waals surface area contributed by atoms with Crippen molar-refractivity contribution in [3.8, 4) is 11.5 Å². The molecule has 30 heavy (non-hydrogen) atoms. The van der Waals surface area contributed by atoms with Crippen LogP contribution in [0.4, 0.5) is 0 Å². The third kappa shape index (κ3) is 3.04. The van der Waals surface area contributed by atoms with Crippen molar-refractivity contribution in [1.82, 2.24) is 4.90 Å². The molecule has 0 amide bonds. The van der Waals surface area contributed by atoms with Crippen LogP contribution in [0.5, 0.6) is 11.5 Å². The molecular weight excluding hydrogens is 378 g/mol. The van der Waals surface area contributed by atoms with E-state index in [-0.39, 0.29) is 17.6 Å². The Morgan fingerprint density at radius 2 is 1.80 bits per heavy atom. The first-order chi connectivity index (χ1) is 14.6. The van der Waals surface area contributed by atoms with Crippen molar-refractivity contribution in [2.24, 2.45) is 0 Å². The van der Waals surface area contributed by atoms with E-state index >= 15 is 0 Å². The highest BCUT2D eigenvalue weighted by Crippen LogP contribution is 2.52. The van der Waals surface area contributed by atoms with Crippen LogP contribution in [0.1, 0.15) is 30.1 Å². The molecule has 3 aliphatic rings. The van der Waals surface area contributed by atoms with Gasteiger partial charge in [-0.25, -0.2) is 0 Å². The van der Waals surface area contributed by atoms with E-state index < -0.39 is 5.79 Å². The minimum absolute atomic E-state index is 0.0314. The number of benzene rings is 2. The zero-order valence-electron chi connectivity index (χ0n) is 17.8. The molecule has 0 saturated carbocycles. The van der Waals surface area contributed by atoms with E-state index in [2.05, 4.69) is 48.4 Å². The molecule has 2 unspecified atom stereocenters. The average molecular weight is 408 g/mol.